The number of nitrogens with one attached hydrogen (secondary N) is 1. The maximum Gasteiger partial charge on any atom is 0.251 e. The fourth-order valence-electron chi connectivity index (χ4n) is 3.89. The lowest BCUT2D eigenvalue weighted by Crippen LogP contribution is -2.56. The summed E-state index contributed by atoms with van der Waals surface area (Å²) in [6.07, 6.45) is 4.35. The summed E-state index contributed by atoms with van der Waals surface area (Å²) < 4.78 is 5.53. The van der Waals surface area contributed by atoms with Crippen molar-refractivity contribution in [3.63, 3.8) is 0 Å². The molecular weight excluding hydrogens is 445 g/mol. The minimum Gasteiger partial charge on any atom is -0.368 e. The summed E-state index contributed by atoms with van der Waals surface area (Å²) in [5, 5.41) is 3.55. The van der Waals surface area contributed by atoms with Crippen LogP contribution in [0.3, 0.4) is 0 Å². The second-order valence-electron chi connectivity index (χ2n) is 7.61. The summed E-state index contributed by atoms with van der Waals surface area (Å²) in [6.45, 7) is 4.81. The van der Waals surface area contributed by atoms with E-state index in [1.807, 2.05) is 11.9 Å². The number of carbonyl (C=O) groups excluding carboxylic acids is 1. The quantitative estimate of drug-likeness (QED) is 0.360. The van der Waals surface area contributed by atoms with E-state index < -0.39 is 0 Å². The van der Waals surface area contributed by atoms with Crippen molar-refractivity contribution in [2.24, 2.45) is 10.9 Å². The number of rotatable bonds is 5. The molecule has 1 N–H and O–H groups in total. The average Bonchev–Trinajstić information content (AvgIpc) is 3.30. The van der Waals surface area contributed by atoms with Crippen molar-refractivity contribution in [3.05, 3.63) is 0 Å². The second-order valence-corrected chi connectivity index (χ2v) is 7.61. The van der Waals surface area contributed by atoms with Crippen molar-refractivity contribution < 1.29 is 9.53 Å². The highest BCUT2D eigenvalue weighted by Gasteiger charge is 2.34. The summed E-state index contributed by atoms with van der Waals surface area (Å²) in [5.41, 5.74) is 0. The first-order chi connectivity index (χ1) is 12.1. The predicted octanol–water partition coefficient (Wildman–Crippen LogP) is 0.843. The number of nitrogens with zero attached hydrogens (tertiary/aromatic N) is 4. The number of halogens is 1. The third-order valence-corrected chi connectivity index (χ3v) is 5.61. The van der Waals surface area contributed by atoms with Gasteiger partial charge < -0.3 is 24.8 Å². The minimum atomic E-state index is -0.205. The zero-order valence-electron chi connectivity index (χ0n) is 16.3. The molecule has 2 atom stereocenters. The van der Waals surface area contributed by atoms with Crippen LogP contribution in [0.25, 0.3) is 0 Å². The van der Waals surface area contributed by atoms with E-state index in [0.717, 1.165) is 64.0 Å². The molecule has 0 aromatic rings. The Labute approximate surface area is 174 Å². The summed E-state index contributed by atoms with van der Waals surface area (Å²) >= 11 is 0. The third-order valence-electron chi connectivity index (χ3n) is 5.61. The van der Waals surface area contributed by atoms with Crippen molar-refractivity contribution in [2.45, 2.75) is 37.8 Å². The van der Waals surface area contributed by atoms with Crippen molar-refractivity contribution in [1.82, 2.24) is 20.0 Å². The van der Waals surface area contributed by atoms with Gasteiger partial charge >= 0.3 is 0 Å². The van der Waals surface area contributed by atoms with Crippen molar-refractivity contribution in [3.8, 4) is 0 Å². The standard InChI is InChI=1S/C18H33N5O2.HI/c1-19-18(20-13-15(21(2)3)14-6-7-14)23-10-8-22(9-11-23)17(24)16-5-4-12-25-16;/h14-16H,4-13H2,1-3H3,(H,19,20);1H. The summed E-state index contributed by atoms with van der Waals surface area (Å²) in [7, 11) is 6.15. The molecule has 0 radical (unpaired) electrons. The molecule has 1 amide bonds. The van der Waals surface area contributed by atoms with E-state index in [1.165, 1.54) is 12.8 Å². The molecule has 0 aromatic carbocycles. The maximum atomic E-state index is 12.4. The summed E-state index contributed by atoms with van der Waals surface area (Å²) in [5.74, 6) is 1.94. The topological polar surface area (TPSA) is 60.4 Å². The Bertz CT molecular complexity index is 482. The highest BCUT2D eigenvalue weighted by Crippen LogP contribution is 2.34. The molecule has 0 spiro atoms. The number of aliphatic imine (C=N–C) groups is 1. The van der Waals surface area contributed by atoms with Crippen LogP contribution in [0.4, 0.5) is 0 Å². The van der Waals surface area contributed by atoms with Gasteiger partial charge in [0.1, 0.15) is 6.10 Å². The van der Waals surface area contributed by atoms with Gasteiger partial charge in [0.05, 0.1) is 0 Å². The van der Waals surface area contributed by atoms with Crippen molar-refractivity contribution in [1.29, 1.82) is 0 Å². The Morgan fingerprint density at radius 2 is 1.85 bits per heavy atom. The van der Waals surface area contributed by atoms with Gasteiger partial charge in [-0.2, -0.15) is 0 Å². The van der Waals surface area contributed by atoms with Gasteiger partial charge in [0, 0.05) is 52.4 Å². The second kappa shape index (κ2) is 10.1. The Balaban J connectivity index is 0.00000243. The van der Waals surface area contributed by atoms with E-state index in [-0.39, 0.29) is 36.0 Å². The van der Waals surface area contributed by atoms with Crippen LogP contribution >= 0.6 is 24.0 Å². The van der Waals surface area contributed by atoms with E-state index in [2.05, 4.69) is 34.2 Å². The van der Waals surface area contributed by atoms with Crippen molar-refractivity contribution >= 4 is 35.8 Å². The number of piperazine rings is 1. The maximum absolute atomic E-state index is 12.4. The normalized spacial score (nSPS) is 25.2. The number of likely N-dealkylation sites (N-methyl/N-ethyl adjacent to an activating group) is 1. The predicted molar refractivity (Wildman–Crippen MR) is 114 cm³/mol. The van der Waals surface area contributed by atoms with E-state index in [4.69, 9.17) is 4.74 Å². The Kier molecular flexibility index (Phi) is 8.41. The number of hydrogen-bond acceptors (Lipinski definition) is 4. The van der Waals surface area contributed by atoms with Gasteiger partial charge in [-0.3, -0.25) is 9.79 Å². The first-order valence-electron chi connectivity index (χ1n) is 9.62. The van der Waals surface area contributed by atoms with Crippen LogP contribution in [0, 0.1) is 5.92 Å². The molecule has 3 aliphatic rings. The van der Waals surface area contributed by atoms with Crippen LogP contribution in [-0.2, 0) is 9.53 Å². The first-order valence-corrected chi connectivity index (χ1v) is 9.62. The molecule has 2 aliphatic heterocycles. The lowest BCUT2D eigenvalue weighted by molar-refractivity contribution is -0.142. The van der Waals surface area contributed by atoms with E-state index in [0.29, 0.717) is 6.04 Å². The van der Waals surface area contributed by atoms with Gasteiger partial charge in [0.2, 0.25) is 0 Å². The van der Waals surface area contributed by atoms with E-state index in [9.17, 15) is 4.79 Å². The van der Waals surface area contributed by atoms with Crippen LogP contribution in [0.15, 0.2) is 4.99 Å². The van der Waals surface area contributed by atoms with Gasteiger partial charge in [-0.05, 0) is 45.7 Å². The monoisotopic (exact) mass is 479 g/mol. The fraction of sp³-hybridized carbons (Fsp3) is 0.889. The molecule has 3 fully saturated rings. The van der Waals surface area contributed by atoms with Crippen LogP contribution < -0.4 is 5.32 Å². The molecule has 0 aromatic heterocycles. The molecule has 8 heteroatoms. The summed E-state index contributed by atoms with van der Waals surface area (Å²) in [4.78, 5) is 23.4. The third kappa shape index (κ3) is 5.45. The van der Waals surface area contributed by atoms with E-state index >= 15 is 0 Å². The van der Waals surface area contributed by atoms with Gasteiger partial charge in [-0.25, -0.2) is 0 Å². The molecule has 3 rings (SSSR count). The lowest BCUT2D eigenvalue weighted by Gasteiger charge is -2.38. The molecular formula is C18H34IN5O2. The number of carbonyl (C=O) groups is 1. The van der Waals surface area contributed by atoms with Crippen LogP contribution in [0.2, 0.25) is 0 Å². The molecule has 2 heterocycles. The molecule has 1 saturated carbocycles. The number of amides is 1. The summed E-state index contributed by atoms with van der Waals surface area (Å²) in [6, 6.07) is 0.569. The average molecular weight is 479 g/mol. The van der Waals surface area contributed by atoms with Gasteiger partial charge in [-0.1, -0.05) is 0 Å². The number of ether oxygens (including phenoxy) is 1. The van der Waals surface area contributed by atoms with Crippen LogP contribution in [0.5, 0.6) is 0 Å². The molecule has 0 bridgehead atoms. The molecule has 2 saturated heterocycles. The zero-order chi connectivity index (χ0) is 17.8. The highest BCUT2D eigenvalue weighted by molar-refractivity contribution is 14.0. The molecule has 150 valence electrons. The Hall–Kier alpha value is -0.610. The van der Waals surface area contributed by atoms with Gasteiger partial charge in [0.25, 0.3) is 5.91 Å². The highest BCUT2D eigenvalue weighted by atomic mass is 127. The molecule has 2 unspecified atom stereocenters. The lowest BCUT2D eigenvalue weighted by atomic mass is 10.1. The number of guanidine groups is 1. The van der Waals surface area contributed by atoms with E-state index in [1.54, 1.807) is 0 Å². The number of hydrogen-bond donors (Lipinski definition) is 1. The van der Waals surface area contributed by atoms with Crippen LogP contribution in [0.1, 0.15) is 25.7 Å². The van der Waals surface area contributed by atoms with Crippen molar-refractivity contribution in [2.75, 3.05) is 60.5 Å². The zero-order valence-corrected chi connectivity index (χ0v) is 18.6. The Morgan fingerprint density at radius 3 is 2.35 bits per heavy atom. The smallest absolute Gasteiger partial charge is 0.251 e. The molecule has 26 heavy (non-hydrogen) atoms. The van der Waals surface area contributed by atoms with Gasteiger partial charge in [-0.15, -0.1) is 24.0 Å². The fourth-order valence-corrected chi connectivity index (χ4v) is 3.89. The Morgan fingerprint density at radius 1 is 1.19 bits per heavy atom. The largest absolute Gasteiger partial charge is 0.368 e. The molecule has 1 aliphatic carbocycles. The SMILES string of the molecule is CN=C(NCC(C1CC1)N(C)C)N1CCN(C(=O)C2CCCO2)CC1.I. The first kappa shape index (κ1) is 21.7. The van der Waals surface area contributed by atoms with Gasteiger partial charge in [0.15, 0.2) is 5.96 Å². The minimum absolute atomic E-state index is 0. The van der Waals surface area contributed by atoms with Crippen LogP contribution in [-0.4, -0.2) is 99.2 Å². The molecule has 7 nitrogen and oxygen atoms in total.